The van der Waals surface area contributed by atoms with Crippen LogP contribution in [0.3, 0.4) is 0 Å². The van der Waals surface area contributed by atoms with Crippen LogP contribution in [0.5, 0.6) is 5.75 Å². The predicted octanol–water partition coefficient (Wildman–Crippen LogP) is 0.587. The number of piperazine rings is 1. The van der Waals surface area contributed by atoms with Gasteiger partial charge in [-0.3, -0.25) is 14.5 Å². The minimum atomic E-state index is -0.406. The number of nitrogens with one attached hydrogen (secondary N) is 1. The third-order valence-corrected chi connectivity index (χ3v) is 5.17. The Hall–Kier alpha value is -2.86. The van der Waals surface area contributed by atoms with Crippen molar-refractivity contribution in [3.8, 4) is 5.75 Å². The third-order valence-electron chi connectivity index (χ3n) is 5.17. The van der Waals surface area contributed by atoms with Crippen LogP contribution >= 0.6 is 0 Å². The zero-order chi connectivity index (χ0) is 18.1. The van der Waals surface area contributed by atoms with Gasteiger partial charge in [-0.15, -0.1) is 0 Å². The molecule has 1 fully saturated rings. The summed E-state index contributed by atoms with van der Waals surface area (Å²) in [6, 6.07) is 15.3. The van der Waals surface area contributed by atoms with Crippen molar-refractivity contribution in [2.45, 2.75) is 0 Å². The number of methoxy groups -OCH3 is 1. The van der Waals surface area contributed by atoms with Crippen molar-refractivity contribution in [3.05, 3.63) is 54.1 Å². The summed E-state index contributed by atoms with van der Waals surface area (Å²) >= 11 is 0. The number of ketones is 1. The number of Topliss-reactive ketones (excluding diaryl/α,β-unsaturated/α-hetero) is 1. The van der Waals surface area contributed by atoms with Crippen LogP contribution in [-0.2, 0) is 4.79 Å². The molecule has 4 rings (SSSR count). The summed E-state index contributed by atoms with van der Waals surface area (Å²) in [5.74, 6) is 0.0574. The highest BCUT2D eigenvalue weighted by atomic mass is 16.5. The van der Waals surface area contributed by atoms with Crippen LogP contribution in [0, 0.1) is 0 Å². The lowest BCUT2D eigenvalue weighted by atomic mass is 10.1. The Morgan fingerprint density at radius 2 is 1.69 bits per heavy atom. The van der Waals surface area contributed by atoms with E-state index in [4.69, 9.17) is 4.74 Å². The number of ether oxygens (including phenoxy) is 1. The van der Waals surface area contributed by atoms with E-state index in [-0.39, 0.29) is 0 Å². The first-order valence-corrected chi connectivity index (χ1v) is 8.85. The second-order valence-corrected chi connectivity index (χ2v) is 6.67. The number of carbonyl (C=O) groups excluding carboxylic acids is 2. The van der Waals surface area contributed by atoms with Gasteiger partial charge in [0.25, 0.3) is 5.78 Å². The van der Waals surface area contributed by atoms with Gasteiger partial charge in [-0.25, -0.2) is 0 Å². The Morgan fingerprint density at radius 1 is 1.00 bits per heavy atom. The fraction of sp³-hybridized carbons (Fsp3) is 0.300. The Kier molecular flexibility index (Phi) is 4.34. The van der Waals surface area contributed by atoms with E-state index in [0.29, 0.717) is 12.2 Å². The Bertz CT molecular complexity index is 826. The number of quaternary nitrogens is 1. The van der Waals surface area contributed by atoms with E-state index in [1.165, 1.54) is 10.6 Å². The number of nitrogens with zero attached hydrogens (tertiary/aromatic N) is 2. The molecule has 0 radical (unpaired) electrons. The standard InChI is InChI=1S/C20H21N3O3/c1-26-16-8-6-15(7-9-16)22-12-10-21(11-13-22)14-23-18-5-3-2-4-17(18)19(24)20(23)25/h2-9H,10-14H2,1H3/p+1. The molecule has 0 saturated carbocycles. The van der Waals surface area contributed by atoms with Crippen molar-refractivity contribution >= 4 is 23.1 Å². The lowest BCUT2D eigenvalue weighted by Gasteiger charge is -2.35. The molecule has 0 spiro atoms. The first kappa shape index (κ1) is 16.6. The lowest BCUT2D eigenvalue weighted by molar-refractivity contribution is -0.899. The summed E-state index contributed by atoms with van der Waals surface area (Å²) < 4.78 is 5.21. The van der Waals surface area contributed by atoms with Crippen LogP contribution < -0.4 is 19.4 Å². The van der Waals surface area contributed by atoms with E-state index in [1.807, 2.05) is 24.3 Å². The number of amides is 1. The van der Waals surface area contributed by atoms with Crippen LogP contribution in [0.2, 0.25) is 0 Å². The number of rotatable bonds is 4. The number of carbonyl (C=O) groups is 2. The smallest absolute Gasteiger partial charge is 0.303 e. The van der Waals surface area contributed by atoms with E-state index in [9.17, 15) is 9.59 Å². The largest absolute Gasteiger partial charge is 0.497 e. The molecule has 0 unspecified atom stereocenters. The fourth-order valence-corrected chi connectivity index (χ4v) is 3.66. The van der Waals surface area contributed by atoms with Gasteiger partial charge in [0.05, 0.1) is 44.5 Å². The van der Waals surface area contributed by atoms with Crippen molar-refractivity contribution < 1.29 is 19.2 Å². The number of hydrogen-bond acceptors (Lipinski definition) is 4. The second-order valence-electron chi connectivity index (χ2n) is 6.67. The molecule has 2 aromatic carbocycles. The lowest BCUT2D eigenvalue weighted by Crippen LogP contribution is -3.16. The van der Waals surface area contributed by atoms with Crippen LogP contribution in [-0.4, -0.2) is 51.6 Å². The molecule has 6 heteroatoms. The van der Waals surface area contributed by atoms with Gasteiger partial charge in [0.15, 0.2) is 6.67 Å². The van der Waals surface area contributed by atoms with E-state index >= 15 is 0 Å². The van der Waals surface area contributed by atoms with Crippen molar-refractivity contribution in [1.82, 2.24) is 0 Å². The Labute approximate surface area is 152 Å². The monoisotopic (exact) mass is 352 g/mol. The zero-order valence-electron chi connectivity index (χ0n) is 14.8. The molecule has 2 aliphatic heterocycles. The highest BCUT2D eigenvalue weighted by molar-refractivity contribution is 6.52. The number of para-hydroxylation sites is 1. The molecule has 6 nitrogen and oxygen atoms in total. The molecule has 1 N–H and O–H groups in total. The highest BCUT2D eigenvalue weighted by Gasteiger charge is 2.38. The number of fused-ring (bicyclic) bond motifs is 1. The maximum Gasteiger partial charge on any atom is 0.303 e. The molecular weight excluding hydrogens is 330 g/mol. The van der Waals surface area contributed by atoms with Crippen molar-refractivity contribution in [1.29, 1.82) is 0 Å². The molecule has 2 aromatic rings. The van der Waals surface area contributed by atoms with E-state index in [2.05, 4.69) is 17.0 Å². The molecule has 0 aromatic heterocycles. The molecule has 2 heterocycles. The Morgan fingerprint density at radius 3 is 2.38 bits per heavy atom. The molecule has 1 amide bonds. The summed E-state index contributed by atoms with van der Waals surface area (Å²) in [7, 11) is 1.67. The number of anilines is 2. The maximum absolute atomic E-state index is 12.3. The Balaban J connectivity index is 1.40. The van der Waals surface area contributed by atoms with E-state index in [1.54, 1.807) is 24.1 Å². The topological polar surface area (TPSA) is 54.3 Å². The zero-order valence-corrected chi connectivity index (χ0v) is 14.8. The van der Waals surface area contributed by atoms with Gasteiger partial charge in [0, 0.05) is 5.69 Å². The van der Waals surface area contributed by atoms with Crippen LogP contribution in [0.1, 0.15) is 10.4 Å². The highest BCUT2D eigenvalue weighted by Crippen LogP contribution is 2.27. The van der Waals surface area contributed by atoms with E-state index < -0.39 is 11.7 Å². The van der Waals surface area contributed by atoms with Crippen LogP contribution in [0.25, 0.3) is 0 Å². The van der Waals surface area contributed by atoms with Crippen molar-refractivity contribution in [2.75, 3.05) is 49.8 Å². The van der Waals surface area contributed by atoms with Crippen LogP contribution in [0.15, 0.2) is 48.5 Å². The summed E-state index contributed by atoms with van der Waals surface area (Å²) in [5.41, 5.74) is 2.45. The van der Waals surface area contributed by atoms with Crippen molar-refractivity contribution in [3.63, 3.8) is 0 Å². The first-order valence-electron chi connectivity index (χ1n) is 8.85. The average Bonchev–Trinajstić information content (AvgIpc) is 2.94. The molecule has 0 bridgehead atoms. The average molecular weight is 352 g/mol. The summed E-state index contributed by atoms with van der Waals surface area (Å²) in [4.78, 5) is 29.7. The van der Waals surface area contributed by atoms with E-state index in [0.717, 1.165) is 37.6 Å². The summed E-state index contributed by atoms with van der Waals surface area (Å²) in [5, 5.41) is 0. The molecule has 134 valence electrons. The molecular formula is C20H22N3O3+. The van der Waals surface area contributed by atoms with Gasteiger partial charge in [0.1, 0.15) is 5.75 Å². The minimum Gasteiger partial charge on any atom is -0.497 e. The van der Waals surface area contributed by atoms with Gasteiger partial charge < -0.3 is 14.5 Å². The van der Waals surface area contributed by atoms with Crippen LogP contribution in [0.4, 0.5) is 11.4 Å². The van der Waals surface area contributed by atoms with Gasteiger partial charge in [-0.2, -0.15) is 0 Å². The minimum absolute atomic E-state index is 0.392. The van der Waals surface area contributed by atoms with Gasteiger partial charge in [-0.1, -0.05) is 12.1 Å². The maximum atomic E-state index is 12.3. The second kappa shape index (κ2) is 6.80. The normalized spacial score (nSPS) is 17.6. The van der Waals surface area contributed by atoms with Gasteiger partial charge in [0.2, 0.25) is 0 Å². The summed E-state index contributed by atoms with van der Waals surface area (Å²) in [6.45, 7) is 4.22. The molecule has 2 aliphatic rings. The number of hydrogen-bond donors (Lipinski definition) is 1. The molecule has 0 aliphatic carbocycles. The molecule has 26 heavy (non-hydrogen) atoms. The summed E-state index contributed by atoms with van der Waals surface area (Å²) in [6.07, 6.45) is 0. The van der Waals surface area contributed by atoms with Crippen molar-refractivity contribution in [2.24, 2.45) is 0 Å². The van der Waals surface area contributed by atoms with Gasteiger partial charge in [-0.05, 0) is 36.4 Å². The number of benzene rings is 2. The molecule has 0 atom stereocenters. The van der Waals surface area contributed by atoms with Gasteiger partial charge >= 0.3 is 5.91 Å². The first-order chi connectivity index (χ1) is 12.7. The SMILES string of the molecule is COc1ccc(N2CC[NH+](CN3C(=O)C(=O)c4ccccc43)CC2)cc1. The quantitative estimate of drug-likeness (QED) is 0.819. The predicted molar refractivity (Wildman–Crippen MR) is 99.0 cm³/mol. The molecule has 1 saturated heterocycles. The fourth-order valence-electron chi connectivity index (χ4n) is 3.66. The third kappa shape index (κ3) is 2.93.